The second-order valence-electron chi connectivity index (χ2n) is 10.6. The first-order valence-corrected chi connectivity index (χ1v) is 12.4. The van der Waals surface area contributed by atoms with E-state index in [-0.39, 0.29) is 23.7 Å². The fourth-order valence-corrected chi connectivity index (χ4v) is 4.96. The smallest absolute Gasteiger partial charge is 0.338 e. The quantitative estimate of drug-likeness (QED) is 0.479. The van der Waals surface area contributed by atoms with Crippen molar-refractivity contribution in [1.82, 2.24) is 15.1 Å². The first-order valence-electron chi connectivity index (χ1n) is 12.4. The van der Waals surface area contributed by atoms with Crippen LogP contribution in [0.15, 0.2) is 24.3 Å². The topological polar surface area (TPSA) is 99.5 Å². The largest absolute Gasteiger partial charge is 0.461 e. The van der Waals surface area contributed by atoms with E-state index in [1.165, 1.54) is 6.92 Å². The number of nitrogens with zero attached hydrogens (tertiary/aromatic N) is 2. The van der Waals surface area contributed by atoms with E-state index >= 15 is 0 Å². The number of fused-ring (bicyclic) bond motifs is 1. The van der Waals surface area contributed by atoms with Gasteiger partial charge in [0.05, 0.1) is 29.1 Å². The third-order valence-electron chi connectivity index (χ3n) is 7.09. The summed E-state index contributed by atoms with van der Waals surface area (Å²) in [5.41, 5.74) is 2.84. The summed E-state index contributed by atoms with van der Waals surface area (Å²) in [5, 5.41) is 7.97. The molecule has 0 atom stereocenters. The maximum Gasteiger partial charge on any atom is 0.338 e. The van der Waals surface area contributed by atoms with Crippen LogP contribution in [-0.4, -0.2) is 53.8 Å². The fourth-order valence-electron chi connectivity index (χ4n) is 4.96. The molecule has 1 aromatic heterocycles. The molecule has 0 bridgehead atoms. The number of aromatic nitrogens is 2. The van der Waals surface area contributed by atoms with Crippen LogP contribution in [0.25, 0.3) is 0 Å². The number of benzene rings is 1. The number of esters is 1. The Bertz CT molecular complexity index is 1130. The number of ketones is 1. The molecule has 35 heavy (non-hydrogen) atoms. The van der Waals surface area contributed by atoms with E-state index in [1.807, 2.05) is 25.5 Å². The van der Waals surface area contributed by atoms with E-state index in [1.54, 1.807) is 24.3 Å². The van der Waals surface area contributed by atoms with Crippen LogP contribution >= 0.6 is 0 Å². The Balaban J connectivity index is 1.53. The zero-order chi connectivity index (χ0) is 25.2. The van der Waals surface area contributed by atoms with Gasteiger partial charge in [0, 0.05) is 37.3 Å². The van der Waals surface area contributed by atoms with Gasteiger partial charge in [-0.05, 0) is 50.2 Å². The molecule has 8 heteroatoms. The van der Waals surface area contributed by atoms with Crippen molar-refractivity contribution in [2.75, 3.05) is 26.4 Å². The van der Waals surface area contributed by atoms with Crippen molar-refractivity contribution in [2.45, 2.75) is 59.9 Å². The van der Waals surface area contributed by atoms with Crippen LogP contribution in [0, 0.1) is 10.8 Å². The van der Waals surface area contributed by atoms with Crippen LogP contribution in [0.4, 0.5) is 0 Å². The van der Waals surface area contributed by atoms with Gasteiger partial charge in [-0.3, -0.25) is 14.3 Å². The van der Waals surface area contributed by atoms with Crippen LogP contribution in [0.1, 0.15) is 83.0 Å². The Hall–Kier alpha value is -3.00. The van der Waals surface area contributed by atoms with E-state index < -0.39 is 11.4 Å². The fraction of sp³-hybridized carbons (Fsp3) is 0.556. The number of ether oxygens (including phenoxy) is 2. The van der Waals surface area contributed by atoms with Gasteiger partial charge < -0.3 is 14.8 Å². The minimum atomic E-state index is -0.463. The Labute approximate surface area is 206 Å². The molecule has 0 saturated carbocycles. The van der Waals surface area contributed by atoms with Crippen LogP contribution in [0.5, 0.6) is 0 Å². The van der Waals surface area contributed by atoms with Crippen LogP contribution < -0.4 is 5.32 Å². The number of nitrogens with one attached hydrogen (secondary N) is 1. The second-order valence-corrected chi connectivity index (χ2v) is 10.6. The summed E-state index contributed by atoms with van der Waals surface area (Å²) in [6.07, 6.45) is 3.24. The summed E-state index contributed by atoms with van der Waals surface area (Å²) < 4.78 is 13.2. The summed E-state index contributed by atoms with van der Waals surface area (Å²) in [5.74, 6) is -0.617. The molecule has 1 saturated heterocycles. The first-order chi connectivity index (χ1) is 16.6. The highest BCUT2D eigenvalue weighted by Crippen LogP contribution is 2.38. The average Bonchev–Trinajstić information content (AvgIpc) is 3.10. The number of hydrogen-bond donors (Lipinski definition) is 1. The molecule has 0 unspecified atom stereocenters. The van der Waals surface area contributed by atoms with Gasteiger partial charge in [-0.2, -0.15) is 5.10 Å². The van der Waals surface area contributed by atoms with E-state index in [4.69, 9.17) is 14.6 Å². The van der Waals surface area contributed by atoms with Crippen LogP contribution in [0.2, 0.25) is 0 Å². The van der Waals surface area contributed by atoms with Gasteiger partial charge in [-0.25, -0.2) is 4.79 Å². The number of aryl methyl sites for hydroxylation is 1. The molecule has 0 radical (unpaired) electrons. The standard InChI is InChI=1S/C27H35N3O5/c1-5-21-23-22(14-27(15-28-24(23)32)9-11-34-12-10-27)30(29-21)16-26(3,4)17-35-25(33)20-8-6-7-19(13-20)18(2)31/h6-8,13H,5,9-12,14-17H2,1-4H3,(H,28,32). The number of rotatable bonds is 7. The van der Waals surface area contributed by atoms with Gasteiger partial charge in [-0.15, -0.1) is 0 Å². The molecular weight excluding hydrogens is 446 g/mol. The molecule has 1 aromatic carbocycles. The van der Waals surface area contributed by atoms with Crippen molar-refractivity contribution in [1.29, 1.82) is 0 Å². The van der Waals surface area contributed by atoms with Crippen LogP contribution in [0.3, 0.4) is 0 Å². The summed E-state index contributed by atoms with van der Waals surface area (Å²) in [4.78, 5) is 37.4. The molecule has 1 spiro atoms. The normalized spacial score (nSPS) is 17.4. The highest BCUT2D eigenvalue weighted by atomic mass is 16.5. The van der Waals surface area contributed by atoms with E-state index in [2.05, 4.69) is 5.32 Å². The SMILES string of the molecule is CCc1nn(CC(C)(C)COC(=O)c2cccc(C(C)=O)c2)c2c1C(=O)NCC1(CCOCC1)C2. The van der Waals surface area contributed by atoms with Gasteiger partial charge in [0.1, 0.15) is 0 Å². The molecule has 2 aromatic rings. The second kappa shape index (κ2) is 9.93. The summed E-state index contributed by atoms with van der Waals surface area (Å²) in [6, 6.07) is 6.57. The highest BCUT2D eigenvalue weighted by Gasteiger charge is 2.40. The first kappa shape index (κ1) is 25.1. The van der Waals surface area contributed by atoms with Gasteiger partial charge in [0.15, 0.2) is 5.78 Å². The lowest BCUT2D eigenvalue weighted by Crippen LogP contribution is -2.41. The van der Waals surface area contributed by atoms with E-state index in [0.717, 1.165) is 30.7 Å². The molecule has 188 valence electrons. The van der Waals surface area contributed by atoms with Crippen molar-refractivity contribution < 1.29 is 23.9 Å². The van der Waals surface area contributed by atoms with Gasteiger partial charge in [0.2, 0.25) is 0 Å². The summed E-state index contributed by atoms with van der Waals surface area (Å²) in [6.45, 7) is 10.3. The molecule has 1 N–H and O–H groups in total. The van der Waals surface area contributed by atoms with Crippen molar-refractivity contribution >= 4 is 17.7 Å². The monoisotopic (exact) mass is 481 g/mol. The lowest BCUT2D eigenvalue weighted by atomic mass is 9.76. The van der Waals surface area contributed by atoms with Gasteiger partial charge in [0.25, 0.3) is 5.91 Å². The summed E-state index contributed by atoms with van der Waals surface area (Å²) in [7, 11) is 0. The molecule has 2 aliphatic heterocycles. The van der Waals surface area contributed by atoms with E-state index in [9.17, 15) is 14.4 Å². The third-order valence-corrected chi connectivity index (χ3v) is 7.09. The number of Topliss-reactive ketones (excluding diaryl/α,β-unsaturated/α-hetero) is 1. The average molecular weight is 482 g/mol. The lowest BCUT2D eigenvalue weighted by Gasteiger charge is -2.36. The van der Waals surface area contributed by atoms with Gasteiger partial charge >= 0.3 is 5.97 Å². The Morgan fingerprint density at radius 3 is 2.63 bits per heavy atom. The minimum Gasteiger partial charge on any atom is -0.461 e. The highest BCUT2D eigenvalue weighted by molar-refractivity contribution is 5.98. The molecule has 2 aliphatic rings. The number of amides is 1. The van der Waals surface area contributed by atoms with Gasteiger partial charge in [-0.1, -0.05) is 32.9 Å². The molecule has 8 nitrogen and oxygen atoms in total. The molecular formula is C27H35N3O5. The Kier molecular flexibility index (Phi) is 7.12. The van der Waals surface area contributed by atoms with Crippen molar-refractivity contribution in [3.63, 3.8) is 0 Å². The minimum absolute atomic E-state index is 0.0275. The molecule has 1 fully saturated rings. The third kappa shape index (κ3) is 5.48. The lowest BCUT2D eigenvalue weighted by molar-refractivity contribution is 0.0145. The molecule has 1 amide bonds. The van der Waals surface area contributed by atoms with E-state index in [0.29, 0.717) is 49.4 Å². The predicted molar refractivity (Wildman–Crippen MR) is 131 cm³/mol. The van der Waals surface area contributed by atoms with Crippen molar-refractivity contribution in [3.8, 4) is 0 Å². The zero-order valence-corrected chi connectivity index (χ0v) is 21.1. The maximum absolute atomic E-state index is 13.0. The predicted octanol–water partition coefficient (Wildman–Crippen LogP) is 3.61. The van der Waals surface area contributed by atoms with Crippen LogP contribution in [-0.2, 0) is 28.9 Å². The number of hydrogen-bond acceptors (Lipinski definition) is 6. The number of carbonyl (C=O) groups excluding carboxylic acids is 3. The zero-order valence-electron chi connectivity index (χ0n) is 21.1. The maximum atomic E-state index is 13.0. The summed E-state index contributed by atoms with van der Waals surface area (Å²) >= 11 is 0. The Morgan fingerprint density at radius 1 is 1.23 bits per heavy atom. The van der Waals surface area contributed by atoms with Crippen molar-refractivity contribution in [2.24, 2.45) is 10.8 Å². The number of carbonyl (C=O) groups is 3. The Morgan fingerprint density at radius 2 is 1.94 bits per heavy atom. The molecule has 0 aliphatic carbocycles. The molecule has 4 rings (SSSR count). The van der Waals surface area contributed by atoms with Crippen molar-refractivity contribution in [3.05, 3.63) is 52.3 Å². The molecule has 3 heterocycles.